The van der Waals surface area contributed by atoms with Crippen molar-refractivity contribution in [2.24, 2.45) is 22.8 Å². The van der Waals surface area contributed by atoms with Gasteiger partial charge in [0.1, 0.15) is 0 Å². The largest absolute Gasteiger partial charge is 0.390 e. The lowest BCUT2D eigenvalue weighted by molar-refractivity contribution is -0.141. The minimum atomic E-state index is -0.860. The quantitative estimate of drug-likeness (QED) is 0.525. The molecule has 0 unspecified atom stereocenters. The van der Waals surface area contributed by atoms with Gasteiger partial charge < -0.3 is 21.5 Å². The third kappa shape index (κ3) is 7.78. The molecular formula is C23H39N3O3. The van der Waals surface area contributed by atoms with E-state index in [1.807, 2.05) is 65.0 Å². The summed E-state index contributed by atoms with van der Waals surface area (Å²) in [6, 6.07) is 9.24. The Morgan fingerprint density at radius 2 is 1.66 bits per heavy atom. The molecule has 164 valence electrons. The molecule has 0 spiro atoms. The molecule has 0 radical (unpaired) electrons. The molecule has 1 rings (SSSR count). The number of carbonyl (C=O) groups is 2. The van der Waals surface area contributed by atoms with Crippen molar-refractivity contribution in [3.63, 3.8) is 0 Å². The maximum Gasteiger partial charge on any atom is 0.223 e. The molecule has 0 aliphatic carbocycles. The highest BCUT2D eigenvalue weighted by Crippen LogP contribution is 2.29. The normalized spacial score (nSPS) is 15.0. The SMILES string of the molecule is CCC(CC)N(C[C@@H](O)[C@@H](N)Cc1ccccc1)C(=O)C[C@@H](C(N)=O)C(C)(C)C. The van der Waals surface area contributed by atoms with Crippen molar-refractivity contribution >= 4 is 11.8 Å². The Bertz CT molecular complexity index is 639. The number of rotatable bonds is 11. The van der Waals surface area contributed by atoms with Crippen LogP contribution in [0.4, 0.5) is 0 Å². The number of aliphatic hydroxyl groups is 1. The van der Waals surface area contributed by atoms with E-state index in [-0.39, 0.29) is 24.9 Å². The molecule has 0 fully saturated rings. The highest BCUT2D eigenvalue weighted by molar-refractivity contribution is 5.85. The average molecular weight is 406 g/mol. The van der Waals surface area contributed by atoms with Gasteiger partial charge in [0.25, 0.3) is 0 Å². The maximum atomic E-state index is 13.1. The van der Waals surface area contributed by atoms with E-state index >= 15 is 0 Å². The van der Waals surface area contributed by atoms with Gasteiger partial charge in [0, 0.05) is 25.0 Å². The summed E-state index contributed by atoms with van der Waals surface area (Å²) in [6.45, 7) is 9.89. The molecule has 0 saturated carbocycles. The zero-order valence-electron chi connectivity index (χ0n) is 18.6. The first-order valence-electron chi connectivity index (χ1n) is 10.6. The van der Waals surface area contributed by atoms with Crippen LogP contribution in [-0.2, 0) is 16.0 Å². The summed E-state index contributed by atoms with van der Waals surface area (Å²) in [6.07, 6.45) is 1.23. The van der Waals surface area contributed by atoms with Crippen LogP contribution in [0.2, 0.25) is 0 Å². The van der Waals surface area contributed by atoms with Crippen LogP contribution in [0.5, 0.6) is 0 Å². The number of carbonyl (C=O) groups excluding carboxylic acids is 2. The van der Waals surface area contributed by atoms with Crippen molar-refractivity contribution in [2.45, 2.75) is 78.5 Å². The lowest BCUT2D eigenvalue weighted by atomic mass is 9.78. The van der Waals surface area contributed by atoms with Gasteiger partial charge in [-0.1, -0.05) is 65.0 Å². The van der Waals surface area contributed by atoms with E-state index in [4.69, 9.17) is 11.5 Å². The molecule has 0 aliphatic rings. The third-order valence-electron chi connectivity index (χ3n) is 5.66. The molecule has 5 N–H and O–H groups in total. The summed E-state index contributed by atoms with van der Waals surface area (Å²) in [5, 5.41) is 10.7. The number of nitrogens with zero attached hydrogens (tertiary/aromatic N) is 1. The van der Waals surface area contributed by atoms with Crippen LogP contribution in [0.3, 0.4) is 0 Å². The molecule has 2 amide bonds. The van der Waals surface area contributed by atoms with Gasteiger partial charge in [-0.25, -0.2) is 0 Å². The number of primary amides is 1. The number of hydrogen-bond donors (Lipinski definition) is 3. The maximum absolute atomic E-state index is 13.1. The summed E-state index contributed by atoms with van der Waals surface area (Å²) >= 11 is 0. The van der Waals surface area contributed by atoms with Crippen LogP contribution in [0.25, 0.3) is 0 Å². The van der Waals surface area contributed by atoms with E-state index < -0.39 is 29.4 Å². The number of aliphatic hydroxyl groups excluding tert-OH is 1. The van der Waals surface area contributed by atoms with E-state index in [9.17, 15) is 14.7 Å². The van der Waals surface area contributed by atoms with Crippen molar-refractivity contribution in [1.82, 2.24) is 4.90 Å². The number of nitrogens with two attached hydrogens (primary N) is 2. The Labute approximate surface area is 175 Å². The molecule has 0 aliphatic heterocycles. The van der Waals surface area contributed by atoms with E-state index in [0.717, 1.165) is 18.4 Å². The first-order valence-corrected chi connectivity index (χ1v) is 10.6. The molecule has 0 aromatic heterocycles. The summed E-state index contributed by atoms with van der Waals surface area (Å²) in [5.74, 6) is -1.21. The van der Waals surface area contributed by atoms with Gasteiger partial charge in [0.15, 0.2) is 0 Å². The van der Waals surface area contributed by atoms with Crippen molar-refractivity contribution in [2.75, 3.05) is 6.54 Å². The Hall–Kier alpha value is -1.92. The number of benzene rings is 1. The standard InChI is InChI=1S/C23H39N3O3/c1-6-17(7-2)26(21(28)14-18(22(25)29)23(3,4)5)15-20(27)19(24)13-16-11-9-8-10-12-16/h8-12,17-20,27H,6-7,13-15,24H2,1-5H3,(H2,25,29)/t18-,19-,20+/m0/s1. The topological polar surface area (TPSA) is 110 Å². The number of hydrogen-bond acceptors (Lipinski definition) is 4. The summed E-state index contributed by atoms with van der Waals surface area (Å²) in [5.41, 5.74) is 12.4. The summed E-state index contributed by atoms with van der Waals surface area (Å²) in [4.78, 5) is 26.8. The monoisotopic (exact) mass is 405 g/mol. The van der Waals surface area contributed by atoms with E-state index in [0.29, 0.717) is 6.42 Å². The van der Waals surface area contributed by atoms with Crippen LogP contribution >= 0.6 is 0 Å². The fourth-order valence-electron chi connectivity index (χ4n) is 3.67. The molecule has 6 heteroatoms. The van der Waals surface area contributed by atoms with E-state index in [1.165, 1.54) is 0 Å². The molecule has 3 atom stereocenters. The second-order valence-electron chi connectivity index (χ2n) is 8.96. The molecule has 29 heavy (non-hydrogen) atoms. The van der Waals surface area contributed by atoms with Gasteiger partial charge in [-0.2, -0.15) is 0 Å². The molecule has 6 nitrogen and oxygen atoms in total. The summed E-state index contributed by atoms with van der Waals surface area (Å²) < 4.78 is 0. The highest BCUT2D eigenvalue weighted by atomic mass is 16.3. The fraction of sp³-hybridized carbons (Fsp3) is 0.652. The minimum absolute atomic E-state index is 0.0189. The van der Waals surface area contributed by atoms with Crippen LogP contribution in [0, 0.1) is 11.3 Å². The van der Waals surface area contributed by atoms with Crippen molar-refractivity contribution in [3.05, 3.63) is 35.9 Å². The molecule has 0 heterocycles. The van der Waals surface area contributed by atoms with E-state index in [2.05, 4.69) is 0 Å². The predicted octanol–water partition coefficient (Wildman–Crippen LogP) is 2.47. The Morgan fingerprint density at radius 1 is 1.10 bits per heavy atom. The summed E-state index contributed by atoms with van der Waals surface area (Å²) in [7, 11) is 0. The Kier molecular flexibility index (Phi) is 9.80. The van der Waals surface area contributed by atoms with Crippen molar-refractivity contribution < 1.29 is 14.7 Å². The Morgan fingerprint density at radius 3 is 2.10 bits per heavy atom. The molecule has 1 aromatic carbocycles. The third-order valence-corrected chi connectivity index (χ3v) is 5.66. The molecule has 1 aromatic rings. The fourth-order valence-corrected chi connectivity index (χ4v) is 3.67. The zero-order valence-corrected chi connectivity index (χ0v) is 18.6. The second kappa shape index (κ2) is 11.3. The van der Waals surface area contributed by atoms with Crippen molar-refractivity contribution in [3.8, 4) is 0 Å². The van der Waals surface area contributed by atoms with Gasteiger partial charge in [-0.3, -0.25) is 9.59 Å². The van der Waals surface area contributed by atoms with Gasteiger partial charge in [0.2, 0.25) is 11.8 Å². The minimum Gasteiger partial charge on any atom is -0.390 e. The van der Waals surface area contributed by atoms with E-state index in [1.54, 1.807) is 4.90 Å². The first-order chi connectivity index (χ1) is 13.5. The lowest BCUT2D eigenvalue weighted by Crippen LogP contribution is -2.51. The van der Waals surface area contributed by atoms with Crippen LogP contribution < -0.4 is 11.5 Å². The van der Waals surface area contributed by atoms with Gasteiger partial charge in [0.05, 0.1) is 12.0 Å². The predicted molar refractivity (Wildman–Crippen MR) is 117 cm³/mol. The molecule has 0 bridgehead atoms. The van der Waals surface area contributed by atoms with Crippen LogP contribution in [0.1, 0.15) is 59.4 Å². The smallest absolute Gasteiger partial charge is 0.223 e. The van der Waals surface area contributed by atoms with Gasteiger partial charge in [-0.05, 0) is 30.2 Å². The lowest BCUT2D eigenvalue weighted by Gasteiger charge is -2.36. The van der Waals surface area contributed by atoms with Crippen LogP contribution in [-0.4, -0.2) is 46.6 Å². The van der Waals surface area contributed by atoms with Crippen LogP contribution in [0.15, 0.2) is 30.3 Å². The van der Waals surface area contributed by atoms with Crippen molar-refractivity contribution in [1.29, 1.82) is 0 Å². The first kappa shape index (κ1) is 25.1. The number of amides is 2. The zero-order chi connectivity index (χ0) is 22.2. The highest BCUT2D eigenvalue weighted by Gasteiger charge is 2.35. The Balaban J connectivity index is 2.93. The molecule has 0 saturated heterocycles. The van der Waals surface area contributed by atoms with Gasteiger partial charge in [-0.15, -0.1) is 0 Å². The average Bonchev–Trinajstić information content (AvgIpc) is 2.65. The second-order valence-corrected chi connectivity index (χ2v) is 8.96. The van der Waals surface area contributed by atoms with Gasteiger partial charge >= 0.3 is 0 Å². The molecular weight excluding hydrogens is 366 g/mol.